The first-order valence-electron chi connectivity index (χ1n) is 26.0. The van der Waals surface area contributed by atoms with Crippen LogP contribution in [0.25, 0.3) is 87.7 Å². The van der Waals surface area contributed by atoms with E-state index in [2.05, 4.69) is 300 Å². The van der Waals surface area contributed by atoms with E-state index < -0.39 is 0 Å². The average Bonchev–Trinajstić information content (AvgIpc) is 4.06. The van der Waals surface area contributed by atoms with Gasteiger partial charge in [0.25, 0.3) is 0 Å². The van der Waals surface area contributed by atoms with E-state index >= 15 is 0 Å². The van der Waals surface area contributed by atoms with Crippen LogP contribution in [0.3, 0.4) is 0 Å². The monoisotopic (exact) mass is 958 g/mol. The maximum Gasteiger partial charge on any atom is 0.0541 e. The molecule has 4 heteroatoms. The van der Waals surface area contributed by atoms with Crippen LogP contribution in [0.4, 0.5) is 34.1 Å². The first-order valence-corrected chi connectivity index (χ1v) is 26.0. The number of para-hydroxylation sites is 6. The van der Waals surface area contributed by atoms with E-state index in [4.69, 9.17) is 0 Å². The van der Waals surface area contributed by atoms with Crippen LogP contribution in [0.1, 0.15) is 25.0 Å². The Morgan fingerprint density at radius 3 is 0.973 bits per heavy atom. The van der Waals surface area contributed by atoms with Gasteiger partial charge in [-0.15, -0.1) is 0 Å². The van der Waals surface area contributed by atoms with E-state index in [-0.39, 0.29) is 5.41 Å². The summed E-state index contributed by atoms with van der Waals surface area (Å²) in [4.78, 5) is 4.90. The summed E-state index contributed by atoms with van der Waals surface area (Å²) in [6, 6.07) is 98.2. The van der Waals surface area contributed by atoms with Gasteiger partial charge in [-0.05, 0) is 119 Å². The maximum absolute atomic E-state index is 2.45. The highest BCUT2D eigenvalue weighted by Crippen LogP contribution is 2.53. The van der Waals surface area contributed by atoms with Gasteiger partial charge in [-0.3, -0.25) is 0 Å². The van der Waals surface area contributed by atoms with E-state index in [0.29, 0.717) is 0 Å². The Balaban J connectivity index is 0.860. The molecule has 0 amide bonds. The third-order valence-corrected chi connectivity index (χ3v) is 16.1. The molecule has 15 rings (SSSR count). The van der Waals surface area contributed by atoms with Crippen LogP contribution >= 0.6 is 0 Å². The Morgan fingerprint density at radius 2 is 0.587 bits per heavy atom. The molecule has 0 bridgehead atoms. The van der Waals surface area contributed by atoms with Gasteiger partial charge in [0.05, 0.1) is 44.8 Å². The van der Waals surface area contributed by atoms with Crippen LogP contribution in [0.5, 0.6) is 0 Å². The minimum atomic E-state index is -0.313. The number of hydrogen-bond acceptors (Lipinski definition) is 2. The molecule has 1 aliphatic rings. The first-order chi connectivity index (χ1) is 37.0. The van der Waals surface area contributed by atoms with Crippen LogP contribution in [0.15, 0.2) is 267 Å². The molecule has 4 nitrogen and oxygen atoms in total. The van der Waals surface area contributed by atoms with Gasteiger partial charge < -0.3 is 18.9 Å². The molecule has 2 heterocycles. The number of hydrogen-bond donors (Lipinski definition) is 0. The van der Waals surface area contributed by atoms with Crippen molar-refractivity contribution in [1.29, 1.82) is 0 Å². The number of fused-ring (bicyclic) bond motifs is 11. The zero-order valence-electron chi connectivity index (χ0n) is 41.7. The molecule has 0 atom stereocenters. The predicted octanol–water partition coefficient (Wildman–Crippen LogP) is 19.4. The van der Waals surface area contributed by atoms with Crippen molar-refractivity contribution in [3.05, 3.63) is 278 Å². The minimum Gasteiger partial charge on any atom is -0.310 e. The molecule has 75 heavy (non-hydrogen) atoms. The lowest BCUT2D eigenvalue weighted by Gasteiger charge is -2.30. The first kappa shape index (κ1) is 43.0. The highest BCUT2D eigenvalue weighted by molar-refractivity contribution is 6.13. The van der Waals surface area contributed by atoms with Crippen LogP contribution in [-0.2, 0) is 5.41 Å². The lowest BCUT2D eigenvalue weighted by Crippen LogP contribution is -2.18. The summed E-state index contributed by atoms with van der Waals surface area (Å²) in [7, 11) is 0. The topological polar surface area (TPSA) is 16.3 Å². The molecule has 0 spiro atoms. The van der Waals surface area contributed by atoms with Crippen LogP contribution in [0, 0.1) is 0 Å². The summed E-state index contributed by atoms with van der Waals surface area (Å²) >= 11 is 0. The van der Waals surface area contributed by atoms with Crippen molar-refractivity contribution in [1.82, 2.24) is 9.13 Å². The van der Waals surface area contributed by atoms with Crippen molar-refractivity contribution < 1.29 is 0 Å². The van der Waals surface area contributed by atoms with E-state index in [1.165, 1.54) is 87.4 Å². The lowest BCUT2D eigenvalue weighted by atomic mass is 9.82. The molecule has 14 aromatic rings. The van der Waals surface area contributed by atoms with Crippen molar-refractivity contribution in [2.24, 2.45) is 0 Å². The average molecular weight is 959 g/mol. The van der Waals surface area contributed by atoms with Gasteiger partial charge in [-0.2, -0.15) is 0 Å². The highest BCUT2D eigenvalue weighted by atomic mass is 15.2. The van der Waals surface area contributed by atoms with Gasteiger partial charge in [-0.1, -0.05) is 184 Å². The fourth-order valence-corrected chi connectivity index (χ4v) is 12.7. The summed E-state index contributed by atoms with van der Waals surface area (Å²) in [5.41, 5.74) is 18.7. The van der Waals surface area contributed by atoms with Crippen molar-refractivity contribution >= 4 is 99.3 Å². The Hall–Kier alpha value is -9.64. The number of rotatable bonds is 8. The van der Waals surface area contributed by atoms with Gasteiger partial charge in [0.2, 0.25) is 0 Å². The summed E-state index contributed by atoms with van der Waals surface area (Å²) in [6.45, 7) is 4.80. The van der Waals surface area contributed by atoms with Gasteiger partial charge in [0.15, 0.2) is 0 Å². The molecule has 1 aliphatic carbocycles. The van der Waals surface area contributed by atoms with Crippen molar-refractivity contribution in [2.45, 2.75) is 19.3 Å². The lowest BCUT2D eigenvalue weighted by molar-refractivity contribution is 0.660. The second-order valence-corrected chi connectivity index (χ2v) is 20.5. The molecule has 0 fully saturated rings. The molecule has 12 aromatic carbocycles. The SMILES string of the molecule is CC1(C)c2cc(N(c3ccccc3)c3cccc4c(-n5c6ccccc6c6ccccc65)cccc34)ccc2-c2ccc(N(c3ccccc3)c3cccc4c(-n5c6ccccc6c6ccccc65)cccc34)cc21. The summed E-state index contributed by atoms with van der Waals surface area (Å²) < 4.78 is 4.88. The zero-order valence-corrected chi connectivity index (χ0v) is 41.7. The largest absolute Gasteiger partial charge is 0.310 e. The Bertz CT molecular complexity index is 4180. The molecular formula is C71H50N4. The Morgan fingerprint density at radius 1 is 0.267 bits per heavy atom. The van der Waals surface area contributed by atoms with Gasteiger partial charge >= 0.3 is 0 Å². The summed E-state index contributed by atoms with van der Waals surface area (Å²) in [5.74, 6) is 0. The highest BCUT2D eigenvalue weighted by Gasteiger charge is 2.37. The van der Waals surface area contributed by atoms with Crippen molar-refractivity contribution in [2.75, 3.05) is 9.80 Å². The second-order valence-electron chi connectivity index (χ2n) is 20.5. The standard InChI is InChI=1S/C71H50N4/c1-71(2)61-45-49(72(47-21-5-3-6-22-47)63-37-17-31-59-57(63)29-19-39-69(59)74-65-33-13-9-25-53(65)54-26-10-14-34-66(54)74)41-43-51(61)52-44-42-50(46-62(52)71)73(48-23-7-4-8-24-48)64-38-18-32-60-58(64)30-20-40-70(60)75-67-35-15-11-27-55(67)56-28-12-16-36-68(56)75/h3-46H,1-2H3. The number of aromatic nitrogens is 2. The smallest absolute Gasteiger partial charge is 0.0541 e. The number of benzene rings is 12. The van der Waals surface area contributed by atoms with E-state index in [1.54, 1.807) is 0 Å². The molecule has 2 aromatic heterocycles. The Labute approximate surface area is 435 Å². The van der Waals surface area contributed by atoms with Crippen LogP contribution in [-0.4, -0.2) is 9.13 Å². The number of nitrogens with zero attached hydrogens (tertiary/aromatic N) is 4. The normalized spacial score (nSPS) is 12.8. The van der Waals surface area contributed by atoms with Gasteiger partial charge in [0.1, 0.15) is 0 Å². The molecular weight excluding hydrogens is 909 g/mol. The molecule has 0 N–H and O–H groups in total. The number of anilines is 6. The molecule has 0 saturated heterocycles. The predicted molar refractivity (Wildman–Crippen MR) is 317 cm³/mol. The maximum atomic E-state index is 2.45. The molecule has 0 saturated carbocycles. The second kappa shape index (κ2) is 16.7. The van der Waals surface area contributed by atoms with Crippen LogP contribution < -0.4 is 9.80 Å². The molecule has 0 unspecified atom stereocenters. The van der Waals surface area contributed by atoms with E-state index in [0.717, 1.165) is 45.5 Å². The fraction of sp³-hybridized carbons (Fsp3) is 0.0423. The Kier molecular flexibility index (Phi) is 9.58. The van der Waals surface area contributed by atoms with Crippen LogP contribution in [0.2, 0.25) is 0 Å². The minimum absolute atomic E-state index is 0.313. The van der Waals surface area contributed by atoms with Crippen molar-refractivity contribution in [3.8, 4) is 22.5 Å². The zero-order chi connectivity index (χ0) is 49.8. The molecule has 354 valence electrons. The summed E-state index contributed by atoms with van der Waals surface area (Å²) in [5, 5.41) is 9.79. The van der Waals surface area contributed by atoms with E-state index in [1.807, 2.05) is 0 Å². The fourth-order valence-electron chi connectivity index (χ4n) is 12.7. The molecule has 0 radical (unpaired) electrons. The summed E-state index contributed by atoms with van der Waals surface area (Å²) in [6.07, 6.45) is 0. The van der Waals surface area contributed by atoms with Gasteiger partial charge in [-0.25, -0.2) is 0 Å². The van der Waals surface area contributed by atoms with Crippen molar-refractivity contribution in [3.63, 3.8) is 0 Å². The molecule has 0 aliphatic heterocycles. The third-order valence-electron chi connectivity index (χ3n) is 16.1. The van der Waals surface area contributed by atoms with Gasteiger partial charge in [0, 0.05) is 71.3 Å². The van der Waals surface area contributed by atoms with E-state index in [9.17, 15) is 0 Å². The quantitative estimate of drug-likeness (QED) is 0.151. The third kappa shape index (κ3) is 6.49.